The van der Waals surface area contributed by atoms with Gasteiger partial charge < -0.3 is 15.7 Å². The molecule has 0 aliphatic rings. The van der Waals surface area contributed by atoms with Crippen LogP contribution in [0.3, 0.4) is 0 Å². The summed E-state index contributed by atoms with van der Waals surface area (Å²) in [6.45, 7) is 0.949. The molecule has 0 aromatic heterocycles. The van der Waals surface area contributed by atoms with Crippen molar-refractivity contribution in [3.8, 4) is 0 Å². The highest BCUT2D eigenvalue weighted by molar-refractivity contribution is 7.89. The van der Waals surface area contributed by atoms with Crippen LogP contribution in [0.25, 0.3) is 0 Å². The third kappa shape index (κ3) is 5.06. The van der Waals surface area contributed by atoms with E-state index < -0.39 is 10.0 Å². The monoisotopic (exact) mass is 287 g/mol. The van der Waals surface area contributed by atoms with Crippen molar-refractivity contribution in [2.75, 3.05) is 30.8 Å². The zero-order valence-corrected chi connectivity index (χ0v) is 11.9. The van der Waals surface area contributed by atoms with Crippen molar-refractivity contribution in [3.05, 3.63) is 18.2 Å². The van der Waals surface area contributed by atoms with Crippen LogP contribution in [-0.4, -0.2) is 33.7 Å². The standard InChI is InChI=1S/C12H21N3O3S/c1-15(5-3-2-4-6-16)11-7-10(13)8-12(9-11)19(14,17)18/h7-9,16H,2-6,13H2,1H3,(H2,14,17,18). The van der Waals surface area contributed by atoms with Gasteiger partial charge in [0, 0.05) is 31.6 Å². The number of nitrogens with two attached hydrogens (primary N) is 2. The molecule has 108 valence electrons. The number of rotatable bonds is 7. The van der Waals surface area contributed by atoms with Crippen molar-refractivity contribution in [3.63, 3.8) is 0 Å². The van der Waals surface area contributed by atoms with Gasteiger partial charge in [-0.05, 0) is 37.5 Å². The number of anilines is 2. The zero-order valence-electron chi connectivity index (χ0n) is 11.0. The molecule has 0 aliphatic carbocycles. The summed E-state index contributed by atoms with van der Waals surface area (Å²) in [5, 5.41) is 13.8. The summed E-state index contributed by atoms with van der Waals surface area (Å²) in [5.41, 5.74) is 6.77. The Morgan fingerprint density at radius 2 is 1.89 bits per heavy atom. The van der Waals surface area contributed by atoms with Gasteiger partial charge >= 0.3 is 0 Å². The van der Waals surface area contributed by atoms with Crippen molar-refractivity contribution in [1.29, 1.82) is 0 Å². The van der Waals surface area contributed by atoms with Crippen molar-refractivity contribution in [2.24, 2.45) is 5.14 Å². The molecule has 1 rings (SSSR count). The van der Waals surface area contributed by atoms with Gasteiger partial charge in [-0.2, -0.15) is 0 Å². The summed E-state index contributed by atoms with van der Waals surface area (Å²) < 4.78 is 22.7. The van der Waals surface area contributed by atoms with E-state index >= 15 is 0 Å². The molecule has 0 saturated carbocycles. The predicted molar refractivity (Wildman–Crippen MR) is 76.4 cm³/mol. The lowest BCUT2D eigenvalue weighted by atomic mass is 10.2. The summed E-state index contributed by atoms with van der Waals surface area (Å²) in [7, 11) is -1.89. The third-order valence-electron chi connectivity index (χ3n) is 2.83. The largest absolute Gasteiger partial charge is 0.399 e. The topological polar surface area (TPSA) is 110 Å². The van der Waals surface area contributed by atoms with Crippen LogP contribution in [0.2, 0.25) is 0 Å². The van der Waals surface area contributed by atoms with Crippen molar-refractivity contribution >= 4 is 21.4 Å². The molecule has 0 unspecified atom stereocenters. The van der Waals surface area contributed by atoms with Gasteiger partial charge in [-0.1, -0.05) is 0 Å². The average molecular weight is 287 g/mol. The first kappa shape index (κ1) is 15.7. The van der Waals surface area contributed by atoms with Crippen molar-refractivity contribution in [2.45, 2.75) is 24.2 Å². The number of benzene rings is 1. The highest BCUT2D eigenvalue weighted by atomic mass is 32.2. The highest BCUT2D eigenvalue weighted by Crippen LogP contribution is 2.22. The Hall–Kier alpha value is -1.31. The van der Waals surface area contributed by atoms with Gasteiger partial charge in [-0.15, -0.1) is 0 Å². The summed E-state index contributed by atoms with van der Waals surface area (Å²) >= 11 is 0. The van der Waals surface area contributed by atoms with Crippen LogP contribution in [0.4, 0.5) is 11.4 Å². The van der Waals surface area contributed by atoms with E-state index in [1.807, 2.05) is 11.9 Å². The molecule has 1 aromatic rings. The first-order chi connectivity index (χ1) is 8.84. The number of hydrogen-bond acceptors (Lipinski definition) is 5. The van der Waals surface area contributed by atoms with Crippen LogP contribution in [0.1, 0.15) is 19.3 Å². The van der Waals surface area contributed by atoms with E-state index in [1.165, 1.54) is 12.1 Å². The minimum absolute atomic E-state index is 0.0182. The van der Waals surface area contributed by atoms with E-state index in [0.717, 1.165) is 25.8 Å². The maximum Gasteiger partial charge on any atom is 0.238 e. The number of aliphatic hydroxyl groups is 1. The first-order valence-electron chi connectivity index (χ1n) is 6.10. The third-order valence-corrected chi connectivity index (χ3v) is 3.73. The molecule has 0 aliphatic heterocycles. The molecule has 0 saturated heterocycles. The average Bonchev–Trinajstić information content (AvgIpc) is 2.32. The zero-order chi connectivity index (χ0) is 14.5. The van der Waals surface area contributed by atoms with E-state index in [4.69, 9.17) is 16.0 Å². The minimum Gasteiger partial charge on any atom is -0.399 e. The number of aliphatic hydroxyl groups excluding tert-OH is 1. The van der Waals surface area contributed by atoms with Gasteiger partial charge in [-0.25, -0.2) is 13.6 Å². The van der Waals surface area contributed by atoms with Gasteiger partial charge in [0.25, 0.3) is 0 Å². The van der Waals surface area contributed by atoms with Gasteiger partial charge in [0.05, 0.1) is 4.90 Å². The normalized spacial score (nSPS) is 11.5. The number of nitrogens with zero attached hydrogens (tertiary/aromatic N) is 1. The van der Waals surface area contributed by atoms with E-state index in [2.05, 4.69) is 0 Å². The van der Waals surface area contributed by atoms with Crippen molar-refractivity contribution < 1.29 is 13.5 Å². The van der Waals surface area contributed by atoms with Crippen LogP contribution >= 0.6 is 0 Å². The maximum absolute atomic E-state index is 11.3. The lowest BCUT2D eigenvalue weighted by molar-refractivity contribution is 0.283. The molecule has 1 aromatic carbocycles. The Bertz CT molecular complexity index is 517. The predicted octanol–water partition coefficient (Wildman–Crippen LogP) is 0.515. The smallest absolute Gasteiger partial charge is 0.238 e. The Morgan fingerprint density at radius 3 is 2.47 bits per heavy atom. The molecule has 0 heterocycles. The molecule has 0 fully saturated rings. The molecule has 5 N–H and O–H groups in total. The summed E-state index contributed by atoms with van der Waals surface area (Å²) in [6.07, 6.45) is 2.61. The van der Waals surface area contributed by atoms with Gasteiger partial charge in [-0.3, -0.25) is 0 Å². The quantitative estimate of drug-likeness (QED) is 0.500. The fourth-order valence-electron chi connectivity index (χ4n) is 1.76. The SMILES string of the molecule is CN(CCCCCO)c1cc(N)cc(S(N)(=O)=O)c1. The number of hydrogen-bond donors (Lipinski definition) is 3. The molecular formula is C12H21N3O3S. The van der Waals surface area contributed by atoms with Gasteiger partial charge in [0.2, 0.25) is 10.0 Å². The maximum atomic E-state index is 11.3. The van der Waals surface area contributed by atoms with E-state index in [1.54, 1.807) is 6.07 Å². The Morgan fingerprint density at radius 1 is 1.21 bits per heavy atom. The second kappa shape index (κ2) is 6.74. The highest BCUT2D eigenvalue weighted by Gasteiger charge is 2.11. The number of sulfonamides is 1. The second-order valence-corrected chi connectivity index (χ2v) is 6.07. The Balaban J connectivity index is 2.80. The molecule has 0 atom stereocenters. The second-order valence-electron chi connectivity index (χ2n) is 4.51. The number of primary sulfonamides is 1. The van der Waals surface area contributed by atoms with Crippen LogP contribution in [0.15, 0.2) is 23.1 Å². The molecule has 6 nitrogen and oxygen atoms in total. The summed E-state index contributed by atoms with van der Waals surface area (Å²) in [5.74, 6) is 0. The molecule has 0 spiro atoms. The number of nitrogen functional groups attached to an aromatic ring is 1. The lowest BCUT2D eigenvalue weighted by Gasteiger charge is -2.20. The first-order valence-corrected chi connectivity index (χ1v) is 7.64. The van der Waals surface area contributed by atoms with E-state index in [-0.39, 0.29) is 11.5 Å². The Labute approximate surface area is 114 Å². The molecule has 0 amide bonds. The van der Waals surface area contributed by atoms with Crippen LogP contribution in [0, 0.1) is 0 Å². The molecule has 7 heteroatoms. The Kier molecular flexibility index (Phi) is 5.59. The van der Waals surface area contributed by atoms with Crippen LogP contribution in [-0.2, 0) is 10.0 Å². The summed E-state index contributed by atoms with van der Waals surface area (Å²) in [6, 6.07) is 4.57. The van der Waals surface area contributed by atoms with Gasteiger partial charge in [0.15, 0.2) is 0 Å². The fraction of sp³-hybridized carbons (Fsp3) is 0.500. The molecule has 0 radical (unpaired) electrons. The minimum atomic E-state index is -3.75. The number of unbranched alkanes of at least 4 members (excludes halogenated alkanes) is 2. The summed E-state index contributed by atoms with van der Waals surface area (Å²) in [4.78, 5) is 1.94. The van der Waals surface area contributed by atoms with Crippen molar-refractivity contribution in [1.82, 2.24) is 0 Å². The van der Waals surface area contributed by atoms with Gasteiger partial charge in [0.1, 0.15) is 0 Å². The van der Waals surface area contributed by atoms with Crippen LogP contribution < -0.4 is 15.8 Å². The lowest BCUT2D eigenvalue weighted by Crippen LogP contribution is -2.20. The molecule has 0 bridgehead atoms. The molecular weight excluding hydrogens is 266 g/mol. The fourth-order valence-corrected chi connectivity index (χ4v) is 2.34. The van der Waals surface area contributed by atoms with E-state index in [0.29, 0.717) is 11.4 Å². The molecule has 19 heavy (non-hydrogen) atoms. The van der Waals surface area contributed by atoms with E-state index in [9.17, 15) is 8.42 Å². The van der Waals surface area contributed by atoms with Crippen LogP contribution in [0.5, 0.6) is 0 Å².